The van der Waals surface area contributed by atoms with Crippen LogP contribution < -0.4 is 0 Å². The Kier molecular flexibility index (Phi) is 7.97. The molecule has 5 aromatic carbocycles. The van der Waals surface area contributed by atoms with E-state index >= 15 is 0 Å². The highest BCUT2D eigenvalue weighted by Gasteiger charge is 2.37. The van der Waals surface area contributed by atoms with Gasteiger partial charge in [-0.1, -0.05) is 54.1 Å². The molecule has 0 saturated heterocycles. The first-order valence-electron chi connectivity index (χ1n) is 14.1. The number of Topliss-reactive ketones (excluding diaryl/α,β-unsaturated/α-hetero) is 1. The second kappa shape index (κ2) is 11.6. The van der Waals surface area contributed by atoms with E-state index in [9.17, 15) is 18.0 Å². The Morgan fingerprint density at radius 1 is 0.667 bits per heavy atom. The van der Waals surface area contributed by atoms with Crippen molar-refractivity contribution in [3.63, 3.8) is 0 Å². The number of aryl methyl sites for hydroxylation is 1. The average molecular weight is 645 g/mol. The normalized spacial score (nSPS) is 13.6. The van der Waals surface area contributed by atoms with Gasteiger partial charge in [0.25, 0.3) is 0 Å². The SMILES string of the molecule is CC(=O)c1ccc2c(c1)-c1ccc([S+](c3ccccc3)c3ccc4c(c3)Cc3cc(C)ccc3-4)cc1C2.O=S(=O)([O-])C(F)(F)F. The number of benzene rings is 5. The standard InChI is InChI=1S/C35H27OS.CHF3O3S/c1-22-8-13-32-26(16-22)18-28-20-30(11-14-33(28)32)37(29-6-4-3-5-7-29)31-12-15-34-27(19-31)17-25-10-9-24(23(2)36)21-35(25)34;2-1(3,4)8(5,6)7/h3-16,19-21H,17-18H2,1-2H3;(H,5,6,7)/q+1;/p-1. The zero-order valence-electron chi connectivity index (χ0n) is 24.3. The zero-order chi connectivity index (χ0) is 32.1. The summed E-state index contributed by atoms with van der Waals surface area (Å²) in [5.41, 5.74) is 7.22. The van der Waals surface area contributed by atoms with Crippen molar-refractivity contribution in [2.45, 2.75) is 46.9 Å². The van der Waals surface area contributed by atoms with Crippen LogP contribution in [-0.4, -0.2) is 24.3 Å². The molecule has 2 aliphatic carbocycles. The van der Waals surface area contributed by atoms with Crippen LogP contribution in [0.1, 0.15) is 45.1 Å². The fourth-order valence-corrected chi connectivity index (χ4v) is 8.09. The van der Waals surface area contributed by atoms with Gasteiger partial charge in [0.2, 0.25) is 0 Å². The van der Waals surface area contributed by atoms with Gasteiger partial charge in [-0.25, -0.2) is 8.42 Å². The molecule has 0 amide bonds. The number of alkyl halides is 3. The van der Waals surface area contributed by atoms with E-state index in [2.05, 4.69) is 104 Å². The summed E-state index contributed by atoms with van der Waals surface area (Å²) < 4.78 is 58.9. The van der Waals surface area contributed by atoms with E-state index in [0.29, 0.717) is 0 Å². The number of halogens is 3. The van der Waals surface area contributed by atoms with Crippen LogP contribution in [0.5, 0.6) is 0 Å². The first-order chi connectivity index (χ1) is 21.3. The minimum absolute atomic E-state index is 0.118. The molecule has 1 unspecified atom stereocenters. The number of rotatable bonds is 4. The van der Waals surface area contributed by atoms with Crippen LogP contribution >= 0.6 is 0 Å². The lowest BCUT2D eigenvalue weighted by Crippen LogP contribution is -2.21. The smallest absolute Gasteiger partial charge is 0.485 e. The van der Waals surface area contributed by atoms with E-state index in [0.717, 1.165) is 18.4 Å². The van der Waals surface area contributed by atoms with E-state index in [4.69, 9.17) is 13.0 Å². The summed E-state index contributed by atoms with van der Waals surface area (Å²) in [5, 5.41) is 0. The molecule has 228 valence electrons. The summed E-state index contributed by atoms with van der Waals surface area (Å²) in [5.74, 6) is 0.118. The molecule has 0 aromatic heterocycles. The summed E-state index contributed by atoms with van der Waals surface area (Å²) in [6, 6.07) is 38.0. The molecule has 9 heteroatoms. The molecule has 0 heterocycles. The summed E-state index contributed by atoms with van der Waals surface area (Å²) in [7, 11) is -6.29. The van der Waals surface area contributed by atoms with Crippen molar-refractivity contribution >= 4 is 26.8 Å². The van der Waals surface area contributed by atoms with Crippen LogP contribution in [0.2, 0.25) is 0 Å². The molecule has 0 radical (unpaired) electrons. The van der Waals surface area contributed by atoms with Crippen LogP contribution in [0.4, 0.5) is 13.2 Å². The minimum Gasteiger partial charge on any atom is -0.741 e. The fraction of sp³-hybridized carbons (Fsp3) is 0.139. The van der Waals surface area contributed by atoms with Crippen LogP contribution in [-0.2, 0) is 33.9 Å². The predicted molar refractivity (Wildman–Crippen MR) is 168 cm³/mol. The minimum atomic E-state index is -6.09. The van der Waals surface area contributed by atoms with Gasteiger partial charge in [0.15, 0.2) is 30.6 Å². The zero-order valence-corrected chi connectivity index (χ0v) is 25.9. The summed E-state index contributed by atoms with van der Waals surface area (Å²) in [6.45, 7) is 3.82. The van der Waals surface area contributed by atoms with Gasteiger partial charge in [0.1, 0.15) is 0 Å². The van der Waals surface area contributed by atoms with Crippen LogP contribution in [0.3, 0.4) is 0 Å². The van der Waals surface area contributed by atoms with Crippen molar-refractivity contribution in [2.24, 2.45) is 0 Å². The van der Waals surface area contributed by atoms with E-state index in [-0.39, 0.29) is 16.7 Å². The maximum Gasteiger partial charge on any atom is 0.485 e. The Morgan fingerprint density at radius 3 is 1.73 bits per heavy atom. The van der Waals surface area contributed by atoms with Crippen molar-refractivity contribution in [3.8, 4) is 22.3 Å². The quantitative estimate of drug-likeness (QED) is 0.0834. The van der Waals surface area contributed by atoms with Gasteiger partial charge in [0.05, 0.1) is 10.9 Å². The molecular formula is C36H27F3O4S2. The number of carbonyl (C=O) groups is 1. The molecule has 1 atom stereocenters. The number of carbonyl (C=O) groups excluding carboxylic acids is 1. The van der Waals surface area contributed by atoms with Crippen LogP contribution in [0, 0.1) is 6.92 Å². The Bertz CT molecular complexity index is 2070. The Balaban J connectivity index is 0.000000397. The van der Waals surface area contributed by atoms with Crippen LogP contribution in [0.15, 0.2) is 118 Å². The Labute approximate surface area is 262 Å². The first-order valence-corrected chi connectivity index (χ1v) is 16.7. The lowest BCUT2D eigenvalue weighted by Gasteiger charge is -2.11. The van der Waals surface area contributed by atoms with Crippen LogP contribution in [0.25, 0.3) is 22.3 Å². The molecule has 2 aliphatic rings. The Hall–Kier alpha value is -4.18. The Morgan fingerprint density at radius 2 is 1.18 bits per heavy atom. The number of hydrogen-bond acceptors (Lipinski definition) is 4. The molecule has 0 saturated carbocycles. The highest BCUT2D eigenvalue weighted by Crippen LogP contribution is 2.43. The van der Waals surface area contributed by atoms with Crippen molar-refractivity contribution in [1.82, 2.24) is 0 Å². The highest BCUT2D eigenvalue weighted by atomic mass is 32.2. The lowest BCUT2D eigenvalue weighted by molar-refractivity contribution is -0.0517. The van der Waals surface area contributed by atoms with Gasteiger partial charge in [-0.3, -0.25) is 4.79 Å². The van der Waals surface area contributed by atoms with E-state index in [1.807, 2.05) is 6.07 Å². The third kappa shape index (κ3) is 6.08. The fourth-order valence-electron chi connectivity index (χ4n) is 5.92. The largest absolute Gasteiger partial charge is 0.741 e. The molecule has 45 heavy (non-hydrogen) atoms. The van der Waals surface area contributed by atoms with Gasteiger partial charge in [-0.2, -0.15) is 13.2 Å². The van der Waals surface area contributed by atoms with Crippen molar-refractivity contribution in [2.75, 3.05) is 0 Å². The molecular weight excluding hydrogens is 618 g/mol. The summed E-state index contributed by atoms with van der Waals surface area (Å²) in [4.78, 5) is 16.0. The molecule has 0 fully saturated rings. The second-order valence-corrected chi connectivity index (χ2v) is 14.5. The predicted octanol–water partition coefficient (Wildman–Crippen LogP) is 8.49. The molecule has 5 aromatic rings. The highest BCUT2D eigenvalue weighted by molar-refractivity contribution is 7.97. The van der Waals surface area contributed by atoms with E-state index < -0.39 is 15.6 Å². The monoisotopic (exact) mass is 644 g/mol. The molecule has 0 N–H and O–H groups in total. The first kappa shape index (κ1) is 30.8. The van der Waals surface area contributed by atoms with Gasteiger partial charge in [0, 0.05) is 5.56 Å². The number of fused-ring (bicyclic) bond motifs is 6. The van der Waals surface area contributed by atoms with Gasteiger partial charge in [-0.05, 0) is 126 Å². The second-order valence-electron chi connectivity index (χ2n) is 11.1. The maximum absolute atomic E-state index is 12.0. The lowest BCUT2D eigenvalue weighted by atomic mass is 10.0. The molecule has 0 aliphatic heterocycles. The summed E-state index contributed by atoms with van der Waals surface area (Å²) >= 11 is 0. The van der Waals surface area contributed by atoms with Crippen molar-refractivity contribution in [3.05, 3.63) is 137 Å². The third-order valence-electron chi connectivity index (χ3n) is 8.01. The summed E-state index contributed by atoms with van der Waals surface area (Å²) in [6.07, 6.45) is 1.92. The van der Waals surface area contributed by atoms with Gasteiger partial charge >= 0.3 is 5.51 Å². The maximum atomic E-state index is 12.0. The van der Waals surface area contributed by atoms with Crippen molar-refractivity contribution in [1.29, 1.82) is 0 Å². The topological polar surface area (TPSA) is 74.3 Å². The van der Waals surface area contributed by atoms with Crippen molar-refractivity contribution < 1.29 is 30.9 Å². The molecule has 0 spiro atoms. The molecule has 0 bridgehead atoms. The van der Waals surface area contributed by atoms with E-state index in [1.165, 1.54) is 64.8 Å². The van der Waals surface area contributed by atoms with E-state index in [1.54, 1.807) is 6.92 Å². The molecule has 7 rings (SSSR count). The molecule has 4 nitrogen and oxygen atoms in total. The van der Waals surface area contributed by atoms with Gasteiger partial charge < -0.3 is 4.55 Å². The van der Waals surface area contributed by atoms with Gasteiger partial charge in [-0.15, -0.1) is 0 Å². The third-order valence-corrected chi connectivity index (χ3v) is 10.8. The average Bonchev–Trinajstić information content (AvgIpc) is 3.53. The number of ketones is 1. The number of hydrogen-bond donors (Lipinski definition) is 0.